The monoisotopic (exact) mass is 535 g/mol. The number of ether oxygens (including phenoxy) is 1. The quantitative estimate of drug-likeness (QED) is 0.454. The fourth-order valence-corrected chi connectivity index (χ4v) is 6.19. The molecule has 2 aromatic heterocycles. The van der Waals surface area contributed by atoms with Crippen molar-refractivity contribution in [3.05, 3.63) is 58.0 Å². The molecular formula is C22H22BrN3O4S2. The second-order valence-electron chi connectivity index (χ2n) is 8.24. The molecule has 1 aliphatic rings. The van der Waals surface area contributed by atoms with E-state index in [2.05, 4.69) is 15.9 Å². The Kier molecular flexibility index (Phi) is 6.37. The van der Waals surface area contributed by atoms with Gasteiger partial charge in [-0.15, -0.1) is 23.1 Å². The van der Waals surface area contributed by atoms with Crippen molar-refractivity contribution in [1.29, 1.82) is 0 Å². The second-order valence-corrected chi connectivity index (χ2v) is 11.8. The molecule has 0 bridgehead atoms. The van der Waals surface area contributed by atoms with Crippen LogP contribution >= 0.6 is 39.0 Å². The minimum absolute atomic E-state index is 0.267. The zero-order valence-corrected chi connectivity index (χ0v) is 20.9. The van der Waals surface area contributed by atoms with Crippen LogP contribution in [0.4, 0.5) is 4.79 Å². The summed E-state index contributed by atoms with van der Waals surface area (Å²) in [7, 11) is 0. The molecule has 168 valence electrons. The number of carbonyl (C=O) groups is 2. The average Bonchev–Trinajstić information content (AvgIpc) is 3.44. The third kappa shape index (κ3) is 4.72. The van der Waals surface area contributed by atoms with Crippen LogP contribution in [-0.2, 0) is 9.53 Å². The lowest BCUT2D eigenvalue weighted by Crippen LogP contribution is -2.45. The summed E-state index contributed by atoms with van der Waals surface area (Å²) in [5.41, 5.74) is 1.61. The highest BCUT2D eigenvalue weighted by Gasteiger charge is 2.46. The summed E-state index contributed by atoms with van der Waals surface area (Å²) in [5, 5.41) is 14.1. The van der Waals surface area contributed by atoms with Gasteiger partial charge in [0.05, 0.1) is 14.4 Å². The number of carboxylic acids is 1. The maximum absolute atomic E-state index is 13.1. The number of amides is 1. The highest BCUT2D eigenvalue weighted by Crippen LogP contribution is 2.46. The molecule has 1 N–H and O–H groups in total. The number of aromatic nitrogens is 2. The van der Waals surface area contributed by atoms with Gasteiger partial charge in [-0.3, -0.25) is 4.90 Å². The minimum Gasteiger partial charge on any atom is -0.480 e. The van der Waals surface area contributed by atoms with Crippen LogP contribution in [0, 0.1) is 0 Å². The smallest absolute Gasteiger partial charge is 0.412 e. The summed E-state index contributed by atoms with van der Waals surface area (Å²) in [4.78, 5) is 27.3. The number of hydrogen-bond acceptors (Lipinski definition) is 6. The first-order chi connectivity index (χ1) is 15.1. The molecule has 1 saturated heterocycles. The van der Waals surface area contributed by atoms with Crippen LogP contribution < -0.4 is 0 Å². The van der Waals surface area contributed by atoms with E-state index in [4.69, 9.17) is 9.84 Å². The van der Waals surface area contributed by atoms with Gasteiger partial charge in [0.25, 0.3) is 0 Å². The number of thioether (sulfide) groups is 1. The van der Waals surface area contributed by atoms with Gasteiger partial charge in [-0.25, -0.2) is 14.3 Å². The number of carboxylic acid groups (broad SMARTS) is 1. The molecule has 4 rings (SSSR count). The van der Waals surface area contributed by atoms with Gasteiger partial charge in [0.15, 0.2) is 0 Å². The Morgan fingerprint density at radius 3 is 2.50 bits per heavy atom. The van der Waals surface area contributed by atoms with E-state index in [0.717, 1.165) is 19.9 Å². The van der Waals surface area contributed by atoms with Gasteiger partial charge < -0.3 is 9.84 Å². The molecule has 2 atom stereocenters. The Balaban J connectivity index is 1.81. The van der Waals surface area contributed by atoms with Gasteiger partial charge in [-0.2, -0.15) is 5.10 Å². The Labute approximate surface area is 202 Å². The topological polar surface area (TPSA) is 84.7 Å². The highest BCUT2D eigenvalue weighted by atomic mass is 79.9. The third-order valence-corrected chi connectivity index (χ3v) is 7.66. The first-order valence-electron chi connectivity index (χ1n) is 9.90. The van der Waals surface area contributed by atoms with E-state index < -0.39 is 29.1 Å². The van der Waals surface area contributed by atoms with E-state index in [9.17, 15) is 14.7 Å². The number of aliphatic carboxylic acids is 1. The molecule has 1 aliphatic heterocycles. The van der Waals surface area contributed by atoms with Gasteiger partial charge in [-0.05, 0) is 61.0 Å². The largest absolute Gasteiger partial charge is 0.480 e. The highest BCUT2D eigenvalue weighted by molar-refractivity contribution is 9.11. The molecule has 3 aromatic rings. The zero-order chi connectivity index (χ0) is 23.0. The molecule has 7 nitrogen and oxygen atoms in total. The number of carbonyl (C=O) groups excluding carboxylic acids is 1. The van der Waals surface area contributed by atoms with Crippen molar-refractivity contribution >= 4 is 51.1 Å². The Morgan fingerprint density at radius 1 is 1.19 bits per heavy atom. The number of nitrogens with zero attached hydrogens (tertiary/aromatic N) is 3. The molecule has 1 amide bonds. The number of benzene rings is 1. The number of para-hydroxylation sites is 1. The van der Waals surface area contributed by atoms with Crippen molar-refractivity contribution in [2.45, 2.75) is 37.8 Å². The van der Waals surface area contributed by atoms with Crippen LogP contribution in [0.5, 0.6) is 0 Å². The lowest BCUT2D eigenvalue weighted by molar-refractivity contribution is -0.142. The molecular weight excluding hydrogens is 514 g/mol. The SMILES string of the molecule is CC(C)(C)OC(=O)N1C(c2cn(-c3ccccc3)nc2-c2ccc(Br)s2)SC[C@@H]1C(=O)O. The Bertz CT molecular complexity index is 1140. The van der Waals surface area contributed by atoms with E-state index in [1.807, 2.05) is 48.7 Å². The average molecular weight is 536 g/mol. The molecule has 0 radical (unpaired) electrons. The summed E-state index contributed by atoms with van der Waals surface area (Å²) >= 11 is 6.43. The summed E-state index contributed by atoms with van der Waals surface area (Å²) in [6.07, 6.45) is 1.23. The number of rotatable bonds is 4. The van der Waals surface area contributed by atoms with Crippen LogP contribution in [0.3, 0.4) is 0 Å². The molecule has 1 unspecified atom stereocenters. The molecule has 10 heteroatoms. The molecule has 0 spiro atoms. The standard InChI is InChI=1S/C22H22BrN3O4S2/c1-22(2,3)30-21(29)26-15(20(27)28)12-31-19(26)14-11-25(13-7-5-4-6-8-13)24-18(14)16-9-10-17(23)32-16/h4-11,15,19H,12H2,1-3H3,(H,27,28)/t15-,19?/m1/s1. The van der Waals surface area contributed by atoms with Gasteiger partial charge >= 0.3 is 12.1 Å². The molecule has 1 fully saturated rings. The second kappa shape index (κ2) is 8.92. The van der Waals surface area contributed by atoms with Gasteiger partial charge in [0.2, 0.25) is 0 Å². The van der Waals surface area contributed by atoms with Crippen LogP contribution in [0.25, 0.3) is 16.3 Å². The van der Waals surface area contributed by atoms with Crippen LogP contribution in [0.15, 0.2) is 52.4 Å². The predicted molar refractivity (Wildman–Crippen MR) is 129 cm³/mol. The fourth-order valence-electron chi connectivity index (χ4n) is 3.39. The van der Waals surface area contributed by atoms with Gasteiger partial charge in [0, 0.05) is 17.5 Å². The van der Waals surface area contributed by atoms with Crippen molar-refractivity contribution < 1.29 is 19.4 Å². The number of thiophene rings is 1. The fraction of sp³-hybridized carbons (Fsp3) is 0.318. The Morgan fingerprint density at radius 2 is 1.91 bits per heavy atom. The van der Waals surface area contributed by atoms with E-state index in [-0.39, 0.29) is 5.75 Å². The summed E-state index contributed by atoms with van der Waals surface area (Å²) in [6, 6.07) is 12.6. The Hall–Kier alpha value is -2.30. The number of hydrogen-bond donors (Lipinski definition) is 1. The van der Waals surface area contributed by atoms with E-state index in [1.54, 1.807) is 25.5 Å². The summed E-state index contributed by atoms with van der Waals surface area (Å²) < 4.78 is 8.29. The van der Waals surface area contributed by atoms with Crippen LogP contribution in [0.2, 0.25) is 0 Å². The van der Waals surface area contributed by atoms with Gasteiger partial charge in [-0.1, -0.05) is 18.2 Å². The lowest BCUT2D eigenvalue weighted by atomic mass is 10.1. The first kappa shape index (κ1) is 22.9. The predicted octanol–water partition coefficient (Wildman–Crippen LogP) is 5.80. The van der Waals surface area contributed by atoms with Crippen molar-refractivity contribution in [3.63, 3.8) is 0 Å². The van der Waals surface area contributed by atoms with Crippen molar-refractivity contribution in [2.24, 2.45) is 0 Å². The van der Waals surface area contributed by atoms with Crippen molar-refractivity contribution in [2.75, 3.05) is 5.75 Å². The molecule has 32 heavy (non-hydrogen) atoms. The zero-order valence-electron chi connectivity index (χ0n) is 17.7. The normalized spacial score (nSPS) is 18.7. The molecule has 3 heterocycles. The maximum atomic E-state index is 13.1. The molecule has 0 aliphatic carbocycles. The molecule has 0 saturated carbocycles. The lowest BCUT2D eigenvalue weighted by Gasteiger charge is -2.30. The maximum Gasteiger partial charge on any atom is 0.412 e. The number of halogens is 1. The van der Waals surface area contributed by atoms with Crippen molar-refractivity contribution in [3.8, 4) is 16.3 Å². The van der Waals surface area contributed by atoms with Gasteiger partial charge in [0.1, 0.15) is 22.7 Å². The van der Waals surface area contributed by atoms with Crippen LogP contribution in [0.1, 0.15) is 31.7 Å². The van der Waals surface area contributed by atoms with E-state index in [1.165, 1.54) is 28.0 Å². The first-order valence-corrected chi connectivity index (χ1v) is 12.6. The third-order valence-electron chi connectivity index (χ3n) is 4.73. The summed E-state index contributed by atoms with van der Waals surface area (Å²) in [5.74, 6) is -0.787. The van der Waals surface area contributed by atoms with E-state index >= 15 is 0 Å². The minimum atomic E-state index is -1.05. The summed E-state index contributed by atoms with van der Waals surface area (Å²) in [6.45, 7) is 5.29. The van der Waals surface area contributed by atoms with Crippen LogP contribution in [-0.4, -0.2) is 49.2 Å². The van der Waals surface area contributed by atoms with Crippen molar-refractivity contribution in [1.82, 2.24) is 14.7 Å². The molecule has 1 aromatic carbocycles. The van der Waals surface area contributed by atoms with E-state index in [0.29, 0.717) is 5.69 Å².